The van der Waals surface area contributed by atoms with Crippen molar-refractivity contribution >= 4 is 25.8 Å². The molecular weight excluding hydrogens is 334 g/mol. The molecule has 1 rings (SSSR count). The van der Waals surface area contributed by atoms with Crippen molar-refractivity contribution in [3.05, 3.63) is 28.2 Å². The molecule has 0 saturated carbocycles. The highest BCUT2D eigenvalue weighted by atomic mass is 79.9. The fourth-order valence-corrected chi connectivity index (χ4v) is 2.85. The van der Waals surface area contributed by atoms with Crippen LogP contribution in [0, 0.1) is 0 Å². The number of ether oxygens (including phenoxy) is 1. The van der Waals surface area contributed by atoms with Crippen LogP contribution < -0.4 is 4.74 Å². The zero-order valence-electron chi connectivity index (χ0n) is 9.14. The first-order valence-electron chi connectivity index (χ1n) is 4.88. The SMILES string of the molecule is O=S(=O)(CCO)Cc1cc(Br)ccc1OC(F)F. The van der Waals surface area contributed by atoms with Gasteiger partial charge in [0.2, 0.25) is 0 Å². The maximum absolute atomic E-state index is 12.2. The molecule has 0 aliphatic carbocycles. The molecule has 0 bridgehead atoms. The first kappa shape index (κ1) is 15.3. The van der Waals surface area contributed by atoms with Crippen LogP contribution in [0.3, 0.4) is 0 Å². The first-order chi connectivity index (χ1) is 8.34. The van der Waals surface area contributed by atoms with E-state index in [4.69, 9.17) is 5.11 Å². The minimum absolute atomic E-state index is 0.123. The molecule has 0 spiro atoms. The third kappa shape index (κ3) is 4.87. The number of aliphatic hydroxyl groups is 1. The van der Waals surface area contributed by atoms with Gasteiger partial charge >= 0.3 is 6.61 Å². The molecule has 1 N–H and O–H groups in total. The summed E-state index contributed by atoms with van der Waals surface area (Å²) in [6.07, 6.45) is 0. The van der Waals surface area contributed by atoms with Crippen LogP contribution >= 0.6 is 15.9 Å². The van der Waals surface area contributed by atoms with Crippen LogP contribution in [0.25, 0.3) is 0 Å². The quantitative estimate of drug-likeness (QED) is 0.856. The number of alkyl halides is 2. The van der Waals surface area contributed by atoms with Crippen molar-refractivity contribution in [1.82, 2.24) is 0 Å². The Bertz CT molecular complexity index is 505. The standard InChI is InChI=1S/C10H11BrF2O4S/c11-8-1-2-9(17-10(12)13)7(5-8)6-18(15,16)4-3-14/h1-2,5,10,14H,3-4,6H2. The van der Waals surface area contributed by atoms with Crippen LogP contribution in [0.15, 0.2) is 22.7 Å². The second kappa shape index (κ2) is 6.44. The van der Waals surface area contributed by atoms with E-state index in [2.05, 4.69) is 20.7 Å². The number of hydrogen-bond acceptors (Lipinski definition) is 4. The third-order valence-corrected chi connectivity index (χ3v) is 4.06. The van der Waals surface area contributed by atoms with Crippen molar-refractivity contribution in [3.8, 4) is 5.75 Å². The Balaban J connectivity index is 3.02. The molecule has 0 aliphatic heterocycles. The first-order valence-corrected chi connectivity index (χ1v) is 7.50. The summed E-state index contributed by atoms with van der Waals surface area (Å²) < 4.78 is 52.2. The van der Waals surface area contributed by atoms with Crippen LogP contribution in [0.5, 0.6) is 5.75 Å². The van der Waals surface area contributed by atoms with Crippen LogP contribution in [0.4, 0.5) is 8.78 Å². The zero-order chi connectivity index (χ0) is 13.8. The monoisotopic (exact) mass is 344 g/mol. The fraction of sp³-hybridized carbons (Fsp3) is 0.400. The second-order valence-electron chi connectivity index (χ2n) is 3.45. The summed E-state index contributed by atoms with van der Waals surface area (Å²) >= 11 is 3.12. The average molecular weight is 345 g/mol. The molecule has 0 aromatic heterocycles. The van der Waals surface area contributed by atoms with Gasteiger partial charge in [-0.3, -0.25) is 0 Å². The summed E-state index contributed by atoms with van der Waals surface area (Å²) in [6, 6.07) is 4.13. The van der Waals surface area contributed by atoms with Gasteiger partial charge in [0, 0.05) is 10.0 Å². The van der Waals surface area contributed by atoms with E-state index in [0.29, 0.717) is 4.47 Å². The number of halogens is 3. The van der Waals surface area contributed by atoms with Gasteiger partial charge in [0.05, 0.1) is 18.1 Å². The van der Waals surface area contributed by atoms with Crippen molar-refractivity contribution in [2.45, 2.75) is 12.4 Å². The Morgan fingerprint density at radius 2 is 2.06 bits per heavy atom. The zero-order valence-corrected chi connectivity index (χ0v) is 11.5. The summed E-state index contributed by atoms with van der Waals surface area (Å²) in [7, 11) is -3.56. The Kier molecular flexibility index (Phi) is 5.48. The van der Waals surface area contributed by atoms with E-state index in [1.807, 2.05) is 0 Å². The van der Waals surface area contributed by atoms with Crippen LogP contribution in [0.1, 0.15) is 5.56 Å². The summed E-state index contributed by atoms with van der Waals surface area (Å²) in [5.41, 5.74) is 0.123. The van der Waals surface area contributed by atoms with Crippen molar-refractivity contribution in [1.29, 1.82) is 0 Å². The van der Waals surface area contributed by atoms with Crippen LogP contribution in [-0.4, -0.2) is 32.5 Å². The molecule has 0 unspecified atom stereocenters. The second-order valence-corrected chi connectivity index (χ2v) is 6.55. The van der Waals surface area contributed by atoms with Crippen molar-refractivity contribution < 1.29 is 27.0 Å². The van der Waals surface area contributed by atoms with E-state index in [-0.39, 0.29) is 11.3 Å². The fourth-order valence-electron chi connectivity index (χ4n) is 1.32. The largest absolute Gasteiger partial charge is 0.435 e. The van der Waals surface area contributed by atoms with Crippen molar-refractivity contribution in [2.75, 3.05) is 12.4 Å². The van der Waals surface area contributed by atoms with Crippen molar-refractivity contribution in [2.24, 2.45) is 0 Å². The van der Waals surface area contributed by atoms with Gasteiger partial charge in [0.15, 0.2) is 9.84 Å². The average Bonchev–Trinajstić information content (AvgIpc) is 2.20. The molecule has 8 heteroatoms. The van der Waals surface area contributed by atoms with E-state index in [0.717, 1.165) is 0 Å². The van der Waals surface area contributed by atoms with Gasteiger partial charge in [-0.05, 0) is 18.2 Å². The molecule has 0 aliphatic rings. The molecule has 0 heterocycles. The number of sulfone groups is 1. The molecule has 0 amide bonds. The van der Waals surface area contributed by atoms with Crippen LogP contribution in [0.2, 0.25) is 0 Å². The molecular formula is C10H11BrF2O4S. The highest BCUT2D eigenvalue weighted by molar-refractivity contribution is 9.10. The molecule has 0 saturated heterocycles. The predicted octanol–water partition coefficient (Wildman–Crippen LogP) is 1.96. The van der Waals surface area contributed by atoms with Crippen LogP contribution in [-0.2, 0) is 15.6 Å². The summed E-state index contributed by atoms with van der Waals surface area (Å²) in [5.74, 6) is -1.07. The minimum atomic E-state index is -3.56. The lowest BCUT2D eigenvalue weighted by Gasteiger charge is -2.11. The molecule has 0 radical (unpaired) electrons. The molecule has 1 aromatic rings. The number of rotatable bonds is 6. The van der Waals surface area contributed by atoms with Gasteiger partial charge in [0.25, 0.3) is 0 Å². The Morgan fingerprint density at radius 3 is 2.61 bits per heavy atom. The summed E-state index contributed by atoms with van der Waals surface area (Å²) in [6.45, 7) is -3.54. The van der Waals surface area contributed by atoms with E-state index in [1.165, 1.54) is 18.2 Å². The Hall–Kier alpha value is -0.730. The normalized spacial score (nSPS) is 11.8. The molecule has 18 heavy (non-hydrogen) atoms. The van der Waals surface area contributed by atoms with Gasteiger partial charge in [-0.1, -0.05) is 15.9 Å². The Morgan fingerprint density at radius 1 is 1.39 bits per heavy atom. The van der Waals surface area contributed by atoms with Gasteiger partial charge in [-0.25, -0.2) is 8.42 Å². The molecule has 1 aromatic carbocycles. The number of aliphatic hydroxyl groups excluding tert-OH is 1. The Labute approximate surface area is 112 Å². The lowest BCUT2D eigenvalue weighted by atomic mass is 10.2. The number of benzene rings is 1. The van der Waals surface area contributed by atoms with Gasteiger partial charge < -0.3 is 9.84 Å². The maximum Gasteiger partial charge on any atom is 0.387 e. The molecule has 0 fully saturated rings. The lowest BCUT2D eigenvalue weighted by Crippen LogP contribution is -2.14. The van der Waals surface area contributed by atoms with E-state index < -0.39 is 34.6 Å². The van der Waals surface area contributed by atoms with Crippen molar-refractivity contribution in [3.63, 3.8) is 0 Å². The van der Waals surface area contributed by atoms with E-state index >= 15 is 0 Å². The van der Waals surface area contributed by atoms with E-state index in [9.17, 15) is 17.2 Å². The highest BCUT2D eigenvalue weighted by Crippen LogP contribution is 2.26. The summed E-state index contributed by atoms with van der Waals surface area (Å²) in [5, 5.41) is 8.61. The topological polar surface area (TPSA) is 63.6 Å². The molecule has 4 nitrogen and oxygen atoms in total. The third-order valence-electron chi connectivity index (χ3n) is 2.02. The lowest BCUT2D eigenvalue weighted by molar-refractivity contribution is -0.0503. The molecule has 0 atom stereocenters. The van der Waals surface area contributed by atoms with E-state index in [1.54, 1.807) is 0 Å². The summed E-state index contributed by atoms with van der Waals surface area (Å²) in [4.78, 5) is 0. The van der Waals surface area contributed by atoms with Gasteiger partial charge in [-0.2, -0.15) is 8.78 Å². The minimum Gasteiger partial charge on any atom is -0.435 e. The van der Waals surface area contributed by atoms with Gasteiger partial charge in [-0.15, -0.1) is 0 Å². The maximum atomic E-state index is 12.2. The predicted molar refractivity (Wildman–Crippen MR) is 65.4 cm³/mol. The number of hydrogen-bond donors (Lipinski definition) is 1. The highest BCUT2D eigenvalue weighted by Gasteiger charge is 2.17. The smallest absolute Gasteiger partial charge is 0.387 e. The van der Waals surface area contributed by atoms with Gasteiger partial charge in [0.1, 0.15) is 5.75 Å². The molecule has 102 valence electrons.